The van der Waals surface area contributed by atoms with Gasteiger partial charge < -0.3 is 4.98 Å². The minimum Gasteiger partial charge on any atom is -0.333 e. The number of nitrogens with one attached hydrogen (secondary N) is 1. The first kappa shape index (κ1) is 13.4. The number of fused-ring (bicyclic) bond motifs is 2. The van der Waals surface area contributed by atoms with Gasteiger partial charge in [-0.3, -0.25) is 4.40 Å². The van der Waals surface area contributed by atoms with Gasteiger partial charge in [-0.05, 0) is 35.0 Å². The molecule has 0 atom stereocenters. The van der Waals surface area contributed by atoms with Crippen molar-refractivity contribution >= 4 is 55.0 Å². The zero-order chi connectivity index (χ0) is 14.4. The maximum atomic E-state index is 4.67. The maximum Gasteiger partial charge on any atom is 0.195 e. The van der Waals surface area contributed by atoms with Crippen LogP contribution in [0.4, 0.5) is 0 Å². The average molecular weight is 379 g/mol. The van der Waals surface area contributed by atoms with Crippen LogP contribution in [0.25, 0.3) is 16.0 Å². The number of rotatable bonds is 3. The SMILES string of the molecule is Cc1csc2nc(CSc3nc4ccccc4[nH]3)c(Br)n12. The van der Waals surface area contributed by atoms with Crippen LogP contribution in [0.15, 0.2) is 39.4 Å². The summed E-state index contributed by atoms with van der Waals surface area (Å²) in [5.41, 5.74) is 4.33. The molecule has 106 valence electrons. The minimum absolute atomic E-state index is 0.786. The smallest absolute Gasteiger partial charge is 0.195 e. The van der Waals surface area contributed by atoms with Crippen LogP contribution in [-0.2, 0) is 5.75 Å². The number of nitrogens with zero attached hydrogens (tertiary/aromatic N) is 3. The summed E-state index contributed by atoms with van der Waals surface area (Å²) in [6.07, 6.45) is 0. The average Bonchev–Trinajstić information content (AvgIpc) is 3.13. The van der Waals surface area contributed by atoms with Gasteiger partial charge in [-0.2, -0.15) is 0 Å². The Hall–Kier alpha value is -1.31. The number of thioether (sulfide) groups is 1. The van der Waals surface area contributed by atoms with E-state index in [9.17, 15) is 0 Å². The number of aromatic amines is 1. The van der Waals surface area contributed by atoms with Crippen molar-refractivity contribution in [1.29, 1.82) is 0 Å². The molecule has 7 heteroatoms. The molecule has 0 aliphatic rings. The topological polar surface area (TPSA) is 46.0 Å². The van der Waals surface area contributed by atoms with Gasteiger partial charge in [-0.25, -0.2) is 9.97 Å². The number of aromatic nitrogens is 4. The molecule has 4 aromatic rings. The summed E-state index contributed by atoms with van der Waals surface area (Å²) in [4.78, 5) is 13.6. The van der Waals surface area contributed by atoms with E-state index >= 15 is 0 Å². The molecule has 0 aliphatic heterocycles. The zero-order valence-electron chi connectivity index (χ0n) is 11.1. The van der Waals surface area contributed by atoms with Crippen LogP contribution in [0.2, 0.25) is 0 Å². The number of para-hydroxylation sites is 2. The fourth-order valence-corrected chi connectivity index (χ4v) is 4.91. The van der Waals surface area contributed by atoms with Crippen LogP contribution < -0.4 is 0 Å². The molecule has 3 heterocycles. The van der Waals surface area contributed by atoms with Crippen LogP contribution >= 0.6 is 39.0 Å². The Labute approximate surface area is 137 Å². The normalized spacial score (nSPS) is 11.7. The highest BCUT2D eigenvalue weighted by Crippen LogP contribution is 2.30. The zero-order valence-corrected chi connectivity index (χ0v) is 14.3. The summed E-state index contributed by atoms with van der Waals surface area (Å²) >= 11 is 6.99. The first-order chi connectivity index (χ1) is 10.2. The van der Waals surface area contributed by atoms with Crippen LogP contribution in [0.3, 0.4) is 0 Å². The van der Waals surface area contributed by atoms with Crippen LogP contribution in [0.5, 0.6) is 0 Å². The molecule has 4 rings (SSSR count). The van der Waals surface area contributed by atoms with E-state index in [0.717, 1.165) is 37.2 Å². The molecule has 1 N–H and O–H groups in total. The Morgan fingerprint density at radius 3 is 3.00 bits per heavy atom. The third kappa shape index (κ3) is 2.29. The second-order valence-electron chi connectivity index (χ2n) is 4.69. The Balaban J connectivity index is 1.61. The fraction of sp³-hybridized carbons (Fsp3) is 0.143. The Kier molecular flexibility index (Phi) is 3.28. The lowest BCUT2D eigenvalue weighted by molar-refractivity contribution is 1.07. The summed E-state index contributed by atoms with van der Waals surface area (Å²) in [6.45, 7) is 2.09. The number of halogens is 1. The Morgan fingerprint density at radius 1 is 1.33 bits per heavy atom. The lowest BCUT2D eigenvalue weighted by Gasteiger charge is -1.96. The summed E-state index contributed by atoms with van der Waals surface area (Å²) in [7, 11) is 0. The van der Waals surface area contributed by atoms with E-state index in [1.807, 2.05) is 24.3 Å². The second-order valence-corrected chi connectivity index (χ2v) is 7.24. The molecule has 0 amide bonds. The van der Waals surface area contributed by atoms with Crippen molar-refractivity contribution < 1.29 is 0 Å². The predicted molar refractivity (Wildman–Crippen MR) is 91.2 cm³/mol. The fourth-order valence-electron chi connectivity index (χ4n) is 2.23. The number of hydrogen-bond donors (Lipinski definition) is 1. The predicted octanol–water partition coefficient (Wildman–Crippen LogP) is 4.64. The van der Waals surface area contributed by atoms with Gasteiger partial charge in [0, 0.05) is 16.8 Å². The van der Waals surface area contributed by atoms with E-state index in [2.05, 4.69) is 47.6 Å². The third-order valence-corrected chi connectivity index (χ3v) is 5.90. The molecule has 0 aliphatic carbocycles. The lowest BCUT2D eigenvalue weighted by Crippen LogP contribution is -1.86. The number of benzene rings is 1. The number of aryl methyl sites for hydroxylation is 1. The quantitative estimate of drug-likeness (QED) is 0.528. The van der Waals surface area contributed by atoms with Crippen molar-refractivity contribution in [2.24, 2.45) is 0 Å². The third-order valence-electron chi connectivity index (χ3n) is 3.26. The van der Waals surface area contributed by atoms with Crippen molar-refractivity contribution in [1.82, 2.24) is 19.4 Å². The molecule has 0 fully saturated rings. The van der Waals surface area contributed by atoms with Gasteiger partial charge in [0.15, 0.2) is 10.1 Å². The summed E-state index contributed by atoms with van der Waals surface area (Å²) in [5.74, 6) is 0.786. The number of thiazole rings is 1. The first-order valence-corrected chi connectivity index (χ1v) is 9.06. The molecule has 0 unspecified atom stereocenters. The van der Waals surface area contributed by atoms with Crippen LogP contribution in [-0.4, -0.2) is 19.4 Å². The van der Waals surface area contributed by atoms with E-state index in [4.69, 9.17) is 0 Å². The van der Waals surface area contributed by atoms with Crippen LogP contribution in [0.1, 0.15) is 11.4 Å². The summed E-state index contributed by atoms with van der Waals surface area (Å²) < 4.78 is 3.18. The molecule has 0 saturated carbocycles. The minimum atomic E-state index is 0.786. The van der Waals surface area contributed by atoms with E-state index in [-0.39, 0.29) is 0 Å². The van der Waals surface area contributed by atoms with Crippen molar-refractivity contribution in [2.75, 3.05) is 0 Å². The Morgan fingerprint density at radius 2 is 2.19 bits per heavy atom. The second kappa shape index (κ2) is 5.15. The largest absolute Gasteiger partial charge is 0.333 e. The van der Waals surface area contributed by atoms with E-state index < -0.39 is 0 Å². The van der Waals surface area contributed by atoms with Crippen molar-refractivity contribution in [3.05, 3.63) is 45.6 Å². The molecular formula is C14H11BrN4S2. The van der Waals surface area contributed by atoms with E-state index in [1.165, 1.54) is 5.69 Å². The molecule has 4 nitrogen and oxygen atoms in total. The first-order valence-electron chi connectivity index (χ1n) is 6.41. The van der Waals surface area contributed by atoms with Gasteiger partial charge in [0.2, 0.25) is 0 Å². The van der Waals surface area contributed by atoms with Gasteiger partial charge in [0.05, 0.1) is 16.7 Å². The van der Waals surface area contributed by atoms with Gasteiger partial charge in [0.25, 0.3) is 0 Å². The van der Waals surface area contributed by atoms with Gasteiger partial charge in [-0.15, -0.1) is 11.3 Å². The molecule has 0 spiro atoms. The standard InChI is InChI=1S/C14H11BrN4S2/c1-8-6-21-14-18-11(12(15)19(8)14)7-20-13-16-9-4-2-3-5-10(9)17-13/h2-6H,7H2,1H3,(H,16,17). The molecule has 1 aromatic carbocycles. The van der Waals surface area contributed by atoms with E-state index in [0.29, 0.717) is 0 Å². The molecule has 0 radical (unpaired) electrons. The van der Waals surface area contributed by atoms with E-state index in [1.54, 1.807) is 23.1 Å². The maximum absolute atomic E-state index is 4.67. The monoisotopic (exact) mass is 378 g/mol. The van der Waals surface area contributed by atoms with Gasteiger partial charge >= 0.3 is 0 Å². The molecule has 0 saturated heterocycles. The van der Waals surface area contributed by atoms with Crippen molar-refractivity contribution in [2.45, 2.75) is 17.8 Å². The molecular weight excluding hydrogens is 368 g/mol. The summed E-state index contributed by atoms with van der Waals surface area (Å²) in [6, 6.07) is 8.07. The molecule has 0 bridgehead atoms. The van der Waals surface area contributed by atoms with Crippen LogP contribution in [0, 0.1) is 6.92 Å². The van der Waals surface area contributed by atoms with Gasteiger partial charge in [-0.1, -0.05) is 23.9 Å². The van der Waals surface area contributed by atoms with Gasteiger partial charge in [0.1, 0.15) is 4.60 Å². The summed E-state index contributed by atoms with van der Waals surface area (Å²) in [5, 5.41) is 3.04. The lowest BCUT2D eigenvalue weighted by atomic mass is 10.3. The number of hydrogen-bond acceptors (Lipinski definition) is 4. The Bertz CT molecular complexity index is 904. The van der Waals surface area contributed by atoms with Crippen molar-refractivity contribution in [3.8, 4) is 0 Å². The van der Waals surface area contributed by atoms with Crippen molar-refractivity contribution in [3.63, 3.8) is 0 Å². The highest BCUT2D eigenvalue weighted by molar-refractivity contribution is 9.10. The molecule has 21 heavy (non-hydrogen) atoms. The number of H-pyrrole nitrogens is 1. The number of imidazole rings is 2. The highest BCUT2D eigenvalue weighted by atomic mass is 79.9. The highest BCUT2D eigenvalue weighted by Gasteiger charge is 2.14. The molecule has 3 aromatic heterocycles.